The summed E-state index contributed by atoms with van der Waals surface area (Å²) in [5, 5.41) is 3.22. The molecule has 0 aliphatic rings. The smallest absolute Gasteiger partial charge is 0.254 e. The lowest BCUT2D eigenvalue weighted by molar-refractivity contribution is 0.0827. The standard InChI is InChI=1S/C13H21N3O2S/c1-10(7-8-19(4)18)15-12-6-5-11(9-14-12)13(17)16(2)3/h5-6,9-10H,7-8H2,1-4H3,(H,14,15). The molecule has 0 spiro atoms. The van der Waals surface area contributed by atoms with Crippen molar-refractivity contribution in [2.75, 3.05) is 31.4 Å². The highest BCUT2D eigenvalue weighted by Gasteiger charge is 2.09. The highest BCUT2D eigenvalue weighted by Crippen LogP contribution is 2.09. The van der Waals surface area contributed by atoms with Crippen molar-refractivity contribution < 1.29 is 9.00 Å². The van der Waals surface area contributed by atoms with Gasteiger partial charge in [0.05, 0.1) is 5.56 Å². The minimum Gasteiger partial charge on any atom is -0.368 e. The Morgan fingerprint density at radius 1 is 1.47 bits per heavy atom. The van der Waals surface area contributed by atoms with E-state index in [1.165, 1.54) is 4.90 Å². The molecule has 0 saturated carbocycles. The van der Waals surface area contributed by atoms with Gasteiger partial charge in [-0.2, -0.15) is 0 Å². The lowest BCUT2D eigenvalue weighted by Gasteiger charge is -2.14. The molecule has 0 aromatic carbocycles. The lowest BCUT2D eigenvalue weighted by Crippen LogP contribution is -2.22. The zero-order chi connectivity index (χ0) is 14.4. The summed E-state index contributed by atoms with van der Waals surface area (Å²) in [6, 6.07) is 3.74. The Balaban J connectivity index is 2.57. The van der Waals surface area contributed by atoms with Gasteiger partial charge < -0.3 is 10.2 Å². The minimum absolute atomic E-state index is 0.0616. The summed E-state index contributed by atoms with van der Waals surface area (Å²) in [4.78, 5) is 17.4. The van der Waals surface area contributed by atoms with Crippen LogP contribution in [0, 0.1) is 0 Å². The monoisotopic (exact) mass is 283 g/mol. The Labute approximate surface area is 116 Å². The van der Waals surface area contributed by atoms with Crippen LogP contribution in [0.25, 0.3) is 0 Å². The summed E-state index contributed by atoms with van der Waals surface area (Å²) < 4.78 is 11.0. The van der Waals surface area contributed by atoms with Crippen LogP contribution in [0.1, 0.15) is 23.7 Å². The molecule has 1 aromatic rings. The number of aromatic nitrogens is 1. The Bertz CT molecular complexity index is 446. The van der Waals surface area contributed by atoms with E-state index in [9.17, 15) is 9.00 Å². The molecule has 0 radical (unpaired) electrons. The third-order valence-corrected chi connectivity index (χ3v) is 3.46. The summed E-state index contributed by atoms with van der Waals surface area (Å²) in [6.07, 6.45) is 4.09. The minimum atomic E-state index is -0.770. The highest BCUT2D eigenvalue weighted by atomic mass is 32.2. The van der Waals surface area contributed by atoms with Crippen molar-refractivity contribution in [1.29, 1.82) is 0 Å². The van der Waals surface area contributed by atoms with E-state index in [0.717, 1.165) is 12.2 Å². The molecule has 0 saturated heterocycles. The normalized spacial score (nSPS) is 13.7. The molecule has 0 aliphatic carbocycles. The van der Waals surface area contributed by atoms with Crippen LogP contribution < -0.4 is 5.32 Å². The predicted molar refractivity (Wildman–Crippen MR) is 78.9 cm³/mol. The Hall–Kier alpha value is -1.43. The number of pyridine rings is 1. The fourth-order valence-electron chi connectivity index (χ4n) is 1.53. The van der Waals surface area contributed by atoms with E-state index in [1.807, 2.05) is 6.92 Å². The maximum absolute atomic E-state index is 11.7. The first kappa shape index (κ1) is 15.6. The number of amides is 1. The van der Waals surface area contributed by atoms with Gasteiger partial charge in [-0.25, -0.2) is 4.98 Å². The third-order valence-electron chi connectivity index (χ3n) is 2.65. The van der Waals surface area contributed by atoms with Gasteiger partial charge in [0, 0.05) is 49.1 Å². The molecule has 2 atom stereocenters. The fourth-order valence-corrected chi connectivity index (χ4v) is 2.22. The van der Waals surface area contributed by atoms with Gasteiger partial charge >= 0.3 is 0 Å². The van der Waals surface area contributed by atoms with Crippen molar-refractivity contribution in [1.82, 2.24) is 9.88 Å². The van der Waals surface area contributed by atoms with Gasteiger partial charge in [0.15, 0.2) is 0 Å². The van der Waals surface area contributed by atoms with Crippen LogP contribution in [-0.2, 0) is 10.8 Å². The van der Waals surface area contributed by atoms with E-state index in [2.05, 4.69) is 10.3 Å². The average molecular weight is 283 g/mol. The Morgan fingerprint density at radius 3 is 2.63 bits per heavy atom. The van der Waals surface area contributed by atoms with Crippen LogP contribution in [0.2, 0.25) is 0 Å². The van der Waals surface area contributed by atoms with Gasteiger partial charge in [0.1, 0.15) is 5.82 Å². The second-order valence-electron chi connectivity index (χ2n) is 4.74. The molecule has 19 heavy (non-hydrogen) atoms. The molecule has 5 nitrogen and oxygen atoms in total. The van der Waals surface area contributed by atoms with Crippen molar-refractivity contribution in [3.8, 4) is 0 Å². The largest absolute Gasteiger partial charge is 0.368 e. The molecule has 1 heterocycles. The Morgan fingerprint density at radius 2 is 2.16 bits per heavy atom. The molecule has 6 heteroatoms. The first-order valence-corrected chi connectivity index (χ1v) is 7.87. The van der Waals surface area contributed by atoms with E-state index in [4.69, 9.17) is 0 Å². The Kier molecular flexibility index (Phi) is 5.95. The first-order chi connectivity index (χ1) is 8.90. The summed E-state index contributed by atoms with van der Waals surface area (Å²) in [5.41, 5.74) is 0.567. The first-order valence-electron chi connectivity index (χ1n) is 6.14. The van der Waals surface area contributed by atoms with Gasteiger partial charge in [0.25, 0.3) is 5.91 Å². The van der Waals surface area contributed by atoms with Gasteiger partial charge in [-0.3, -0.25) is 9.00 Å². The molecule has 1 rings (SSSR count). The molecule has 1 amide bonds. The highest BCUT2D eigenvalue weighted by molar-refractivity contribution is 7.84. The fraction of sp³-hybridized carbons (Fsp3) is 0.538. The number of carbonyl (C=O) groups excluding carboxylic acids is 1. The number of hydrogen-bond acceptors (Lipinski definition) is 4. The molecule has 0 aliphatic heterocycles. The maximum Gasteiger partial charge on any atom is 0.254 e. The lowest BCUT2D eigenvalue weighted by atomic mass is 10.2. The number of anilines is 1. The SMILES string of the molecule is CC(CCS(C)=O)Nc1ccc(C(=O)N(C)C)cn1. The van der Waals surface area contributed by atoms with Crippen LogP contribution >= 0.6 is 0 Å². The number of hydrogen-bond donors (Lipinski definition) is 1. The van der Waals surface area contributed by atoms with E-state index in [0.29, 0.717) is 11.3 Å². The topological polar surface area (TPSA) is 62.3 Å². The molecular formula is C13H21N3O2S. The van der Waals surface area contributed by atoms with Gasteiger partial charge in [-0.05, 0) is 25.5 Å². The number of nitrogens with one attached hydrogen (secondary N) is 1. The third kappa shape index (κ3) is 5.38. The average Bonchev–Trinajstić information content (AvgIpc) is 2.36. The quantitative estimate of drug-likeness (QED) is 0.856. The number of carbonyl (C=O) groups is 1. The van der Waals surface area contributed by atoms with Crippen molar-refractivity contribution in [2.45, 2.75) is 19.4 Å². The molecule has 106 valence electrons. The molecular weight excluding hydrogens is 262 g/mol. The second-order valence-corrected chi connectivity index (χ2v) is 6.30. The van der Waals surface area contributed by atoms with Gasteiger partial charge in [-0.1, -0.05) is 0 Å². The maximum atomic E-state index is 11.7. The molecule has 2 unspecified atom stereocenters. The van der Waals surface area contributed by atoms with Crippen LogP contribution in [0.4, 0.5) is 5.82 Å². The van der Waals surface area contributed by atoms with Crippen LogP contribution in [-0.4, -0.2) is 52.1 Å². The van der Waals surface area contributed by atoms with Crippen molar-refractivity contribution in [3.05, 3.63) is 23.9 Å². The number of nitrogens with zero attached hydrogens (tertiary/aromatic N) is 2. The summed E-state index contributed by atoms with van der Waals surface area (Å²) in [6.45, 7) is 2.02. The van der Waals surface area contributed by atoms with E-state index >= 15 is 0 Å². The zero-order valence-electron chi connectivity index (χ0n) is 11.8. The molecule has 1 aromatic heterocycles. The molecule has 0 fully saturated rings. The second kappa shape index (κ2) is 7.23. The van der Waals surface area contributed by atoms with Crippen molar-refractivity contribution >= 4 is 22.5 Å². The van der Waals surface area contributed by atoms with Crippen LogP contribution in [0.3, 0.4) is 0 Å². The van der Waals surface area contributed by atoms with Crippen LogP contribution in [0.15, 0.2) is 18.3 Å². The van der Waals surface area contributed by atoms with Gasteiger partial charge in [0.2, 0.25) is 0 Å². The van der Waals surface area contributed by atoms with E-state index in [-0.39, 0.29) is 11.9 Å². The summed E-state index contributed by atoms with van der Waals surface area (Å²) in [7, 11) is 2.65. The summed E-state index contributed by atoms with van der Waals surface area (Å²) in [5.74, 6) is 1.34. The van der Waals surface area contributed by atoms with Crippen LogP contribution in [0.5, 0.6) is 0 Å². The predicted octanol–water partition coefficient (Wildman–Crippen LogP) is 1.35. The van der Waals surface area contributed by atoms with Crippen molar-refractivity contribution in [3.63, 3.8) is 0 Å². The molecule has 1 N–H and O–H groups in total. The van der Waals surface area contributed by atoms with Gasteiger partial charge in [-0.15, -0.1) is 0 Å². The van der Waals surface area contributed by atoms with E-state index in [1.54, 1.807) is 38.7 Å². The molecule has 0 bridgehead atoms. The van der Waals surface area contributed by atoms with E-state index < -0.39 is 10.8 Å². The number of rotatable bonds is 6. The van der Waals surface area contributed by atoms with Crippen molar-refractivity contribution in [2.24, 2.45) is 0 Å². The zero-order valence-corrected chi connectivity index (χ0v) is 12.7. The summed E-state index contributed by atoms with van der Waals surface area (Å²) >= 11 is 0.